The average molecular weight is 887 g/mol. The number of hydrogen-bond acceptors (Lipinski definition) is 11. The van der Waals surface area contributed by atoms with E-state index in [0.29, 0.717) is 45.9 Å². The van der Waals surface area contributed by atoms with Gasteiger partial charge in [0.1, 0.15) is 4.70 Å². The highest BCUT2D eigenvalue weighted by Crippen LogP contribution is 2.48. The fraction of sp³-hybridized carbons (Fsp3) is 0.318. The molecule has 0 unspecified atom stereocenters. The Kier molecular flexibility index (Phi) is 12.4. The molecule has 16 heteroatoms. The SMILES string of the molecule is CCOC(=O)N1CCN(C2=C(/C=C/c3sc4cc5ccccc5cc4[n+]3CCCS(=O)(=O)[O-])CC/C2=C\C=C2\Sc3cc4ccccc4cc3N2CCCS(=O)(=O)O)CC1. The van der Waals surface area contributed by atoms with Crippen molar-refractivity contribution in [2.24, 2.45) is 0 Å². The molecule has 1 aromatic heterocycles. The van der Waals surface area contributed by atoms with Gasteiger partial charge in [-0.25, -0.2) is 13.2 Å². The van der Waals surface area contributed by atoms with Crippen molar-refractivity contribution in [2.75, 3.05) is 55.7 Å². The van der Waals surface area contributed by atoms with Crippen molar-refractivity contribution < 1.29 is 40.0 Å². The summed E-state index contributed by atoms with van der Waals surface area (Å²) in [6, 6.07) is 24.8. The summed E-state index contributed by atoms with van der Waals surface area (Å²) in [6.45, 7) is 5.16. The van der Waals surface area contributed by atoms with Crippen LogP contribution in [-0.2, 0) is 31.5 Å². The summed E-state index contributed by atoms with van der Waals surface area (Å²) in [6.07, 6.45) is 10.2. The topological polar surface area (TPSA) is 151 Å². The molecule has 0 atom stereocenters. The number of aryl methyl sites for hydroxylation is 1. The maximum absolute atomic E-state index is 12.6. The van der Waals surface area contributed by atoms with Crippen LogP contribution < -0.4 is 9.47 Å². The summed E-state index contributed by atoms with van der Waals surface area (Å²) in [5.74, 6) is -0.775. The average Bonchev–Trinajstić information content (AvgIpc) is 3.89. The molecular formula is C44H46N4O8S4. The van der Waals surface area contributed by atoms with Gasteiger partial charge >= 0.3 is 6.09 Å². The summed E-state index contributed by atoms with van der Waals surface area (Å²) in [4.78, 5) is 19.9. The molecule has 2 aliphatic heterocycles. The van der Waals surface area contributed by atoms with Crippen LogP contribution in [0.3, 0.4) is 0 Å². The van der Waals surface area contributed by atoms with Crippen molar-refractivity contribution in [3.05, 3.63) is 118 Å². The van der Waals surface area contributed by atoms with Gasteiger partial charge in [0, 0.05) is 67.6 Å². The minimum atomic E-state index is -4.37. The Labute approximate surface area is 358 Å². The maximum Gasteiger partial charge on any atom is 0.409 e. The Morgan fingerprint density at radius 3 is 2.23 bits per heavy atom. The van der Waals surface area contributed by atoms with Crippen LogP contribution in [0, 0.1) is 0 Å². The van der Waals surface area contributed by atoms with Crippen LogP contribution in [-0.4, -0.2) is 92.7 Å². The number of carbonyl (C=O) groups excluding carboxylic acids is 1. The first kappa shape index (κ1) is 42.0. The molecule has 0 bridgehead atoms. The normalized spacial score (nSPS) is 17.8. The van der Waals surface area contributed by atoms with Gasteiger partial charge < -0.3 is 24.0 Å². The third-order valence-electron chi connectivity index (χ3n) is 11.0. The minimum absolute atomic E-state index is 0.195. The number of nitrogens with zero attached hydrogens (tertiary/aromatic N) is 4. The number of carbonyl (C=O) groups is 1. The number of ether oxygens (including phenoxy) is 1. The van der Waals surface area contributed by atoms with Gasteiger partial charge in [-0.3, -0.25) is 4.55 Å². The number of hydrogen-bond donors (Lipinski definition) is 1. The molecule has 1 saturated heterocycles. The van der Waals surface area contributed by atoms with E-state index >= 15 is 0 Å². The van der Waals surface area contributed by atoms with Gasteiger partial charge in [-0.2, -0.15) is 13.0 Å². The number of aromatic nitrogens is 1. The van der Waals surface area contributed by atoms with Crippen molar-refractivity contribution in [1.29, 1.82) is 0 Å². The summed E-state index contributed by atoms with van der Waals surface area (Å²) in [7, 11) is -8.48. The maximum atomic E-state index is 12.6. The van der Waals surface area contributed by atoms with Gasteiger partial charge in [0.15, 0.2) is 6.54 Å². The number of fused-ring (bicyclic) bond motifs is 4. The minimum Gasteiger partial charge on any atom is -0.748 e. The first-order valence-electron chi connectivity index (χ1n) is 20.0. The smallest absolute Gasteiger partial charge is 0.409 e. The van der Waals surface area contributed by atoms with Crippen LogP contribution in [0.5, 0.6) is 0 Å². The number of thioether (sulfide) groups is 1. The van der Waals surface area contributed by atoms with Gasteiger partial charge in [-0.1, -0.05) is 77.7 Å². The molecular weight excluding hydrogens is 841 g/mol. The van der Waals surface area contributed by atoms with E-state index in [4.69, 9.17) is 4.74 Å². The largest absolute Gasteiger partial charge is 0.748 e. The molecule has 5 aromatic rings. The van der Waals surface area contributed by atoms with Crippen LogP contribution in [0.15, 0.2) is 118 Å². The second-order valence-electron chi connectivity index (χ2n) is 15.0. The van der Waals surface area contributed by atoms with Crippen LogP contribution in [0.2, 0.25) is 0 Å². The van der Waals surface area contributed by atoms with Crippen LogP contribution >= 0.6 is 23.1 Å². The van der Waals surface area contributed by atoms with E-state index in [-0.39, 0.29) is 24.7 Å². The molecule has 1 amide bonds. The van der Waals surface area contributed by atoms with E-state index in [2.05, 4.69) is 87.2 Å². The zero-order valence-corrected chi connectivity index (χ0v) is 36.4. The summed E-state index contributed by atoms with van der Waals surface area (Å²) >= 11 is 3.26. The Morgan fingerprint density at radius 2 is 1.55 bits per heavy atom. The van der Waals surface area contributed by atoms with Crippen LogP contribution in [0.1, 0.15) is 37.6 Å². The lowest BCUT2D eigenvalue weighted by molar-refractivity contribution is -0.668. The Balaban J connectivity index is 1.16. The molecule has 12 nitrogen and oxygen atoms in total. The van der Waals surface area contributed by atoms with Gasteiger partial charge in [-0.05, 0) is 89.2 Å². The quantitative estimate of drug-likeness (QED) is 0.0907. The number of benzene rings is 4. The molecule has 3 aliphatic rings. The van der Waals surface area contributed by atoms with Gasteiger partial charge in [0.05, 0.1) is 33.2 Å². The monoisotopic (exact) mass is 886 g/mol. The van der Waals surface area contributed by atoms with Crippen molar-refractivity contribution in [3.8, 4) is 0 Å². The van der Waals surface area contributed by atoms with Crippen LogP contribution in [0.25, 0.3) is 37.8 Å². The number of thiazole rings is 1. The third-order valence-corrected chi connectivity index (χ3v) is 14.8. The van der Waals surface area contributed by atoms with Crippen LogP contribution in [0.4, 0.5) is 10.5 Å². The van der Waals surface area contributed by atoms with E-state index in [9.17, 15) is 30.7 Å². The molecule has 4 aromatic carbocycles. The molecule has 0 saturated carbocycles. The molecule has 3 heterocycles. The van der Waals surface area contributed by atoms with Crippen molar-refractivity contribution in [1.82, 2.24) is 9.80 Å². The van der Waals surface area contributed by atoms with E-state index in [1.807, 2.05) is 24.3 Å². The van der Waals surface area contributed by atoms with E-state index in [1.54, 1.807) is 34.9 Å². The predicted octanol–water partition coefficient (Wildman–Crippen LogP) is 7.92. The van der Waals surface area contributed by atoms with E-state index in [0.717, 1.165) is 82.1 Å². The summed E-state index contributed by atoms with van der Waals surface area (Å²) < 4.78 is 76.1. The number of piperazine rings is 1. The van der Waals surface area contributed by atoms with Crippen molar-refractivity contribution in [2.45, 2.75) is 44.0 Å². The lowest BCUT2D eigenvalue weighted by Crippen LogP contribution is -2.48. The number of amides is 1. The lowest BCUT2D eigenvalue weighted by atomic mass is 10.1. The van der Waals surface area contributed by atoms with E-state index < -0.39 is 26.0 Å². The number of rotatable bonds is 13. The number of allylic oxidation sites excluding steroid dienone is 5. The highest BCUT2D eigenvalue weighted by Gasteiger charge is 2.30. The molecule has 60 heavy (non-hydrogen) atoms. The highest BCUT2D eigenvalue weighted by molar-refractivity contribution is 8.03. The molecule has 0 spiro atoms. The second-order valence-corrected chi connectivity index (χ2v) is 20.2. The summed E-state index contributed by atoms with van der Waals surface area (Å²) in [5.41, 5.74) is 5.36. The molecule has 1 fully saturated rings. The molecule has 8 rings (SSSR count). The lowest BCUT2D eigenvalue weighted by Gasteiger charge is -2.37. The molecule has 0 radical (unpaired) electrons. The first-order chi connectivity index (χ1) is 28.8. The standard InChI is InChI=1S/C44H46N4O8S4/c1-2-56-44(49)46-23-21-45(22-24-46)43-31(15-17-41-47(19-7-25-59(50,51)52)37-27-33-9-3-5-11-35(33)29-39(37)57-41)13-14-32(43)16-18-42-48(20-8-26-60(53,54)55)38-28-34-10-4-6-12-36(34)30-40(38)58-42/h3-6,9-12,15-18,27-30H,2,7-8,13-14,19-26H2,1H3,(H-,50,51,52,53,54,55). The molecule has 1 N–H and O–H groups in total. The second kappa shape index (κ2) is 17.7. The van der Waals surface area contributed by atoms with Gasteiger partial charge in [0.25, 0.3) is 15.1 Å². The Hall–Kier alpha value is -4.71. The molecule has 1 aliphatic carbocycles. The van der Waals surface area contributed by atoms with Crippen molar-refractivity contribution in [3.63, 3.8) is 0 Å². The third kappa shape index (κ3) is 9.59. The first-order valence-corrected chi connectivity index (χ1v) is 24.9. The molecule has 314 valence electrons. The summed E-state index contributed by atoms with van der Waals surface area (Å²) in [5, 5.41) is 6.27. The van der Waals surface area contributed by atoms with Crippen molar-refractivity contribution >= 4 is 93.0 Å². The fourth-order valence-electron chi connectivity index (χ4n) is 8.20. The Bertz CT molecular complexity index is 2820. The highest BCUT2D eigenvalue weighted by atomic mass is 32.2. The predicted molar refractivity (Wildman–Crippen MR) is 239 cm³/mol. The zero-order valence-electron chi connectivity index (χ0n) is 33.2. The zero-order chi connectivity index (χ0) is 42.0. The Morgan fingerprint density at radius 1 is 0.867 bits per heavy atom. The van der Waals surface area contributed by atoms with Gasteiger partial charge in [-0.15, -0.1) is 0 Å². The van der Waals surface area contributed by atoms with E-state index in [1.165, 1.54) is 0 Å². The fourth-order valence-corrected chi connectivity index (χ4v) is 11.4. The number of anilines is 1. The van der Waals surface area contributed by atoms with Gasteiger partial charge in [0.2, 0.25) is 5.52 Å².